The third kappa shape index (κ3) is 3.69. The summed E-state index contributed by atoms with van der Waals surface area (Å²) in [6.07, 6.45) is 0.327. The summed E-state index contributed by atoms with van der Waals surface area (Å²) < 4.78 is 8.08. The Kier molecular flexibility index (Phi) is 5.96. The molecular weight excluding hydrogens is 412 g/mol. The highest BCUT2D eigenvalue weighted by molar-refractivity contribution is 9.10. The number of nitro benzene ring substituents is 1. The molecule has 0 aliphatic carbocycles. The van der Waals surface area contributed by atoms with E-state index in [-0.39, 0.29) is 30.8 Å². The van der Waals surface area contributed by atoms with Gasteiger partial charge in [0.05, 0.1) is 25.1 Å². The van der Waals surface area contributed by atoms with Crippen LogP contribution in [0.4, 0.5) is 11.4 Å². The number of anilines is 1. The molecule has 26 heavy (non-hydrogen) atoms. The molecule has 1 aromatic carbocycles. The maximum atomic E-state index is 12.8. The Hall–Kier alpha value is -2.49. The fraction of sp³-hybridized carbons (Fsp3) is 0.438. The lowest BCUT2D eigenvalue weighted by molar-refractivity contribution is -0.384. The molecule has 0 aromatic heterocycles. The molecule has 1 unspecified atom stereocenters. The van der Waals surface area contributed by atoms with E-state index in [0.29, 0.717) is 12.0 Å². The summed E-state index contributed by atoms with van der Waals surface area (Å²) in [6.45, 7) is 1.50. The Labute approximate surface area is 157 Å². The van der Waals surface area contributed by atoms with E-state index in [2.05, 4.69) is 20.7 Å². The van der Waals surface area contributed by atoms with Gasteiger partial charge >= 0.3 is 17.8 Å². The molecule has 1 amide bonds. The second-order valence-electron chi connectivity index (χ2n) is 5.57. The van der Waals surface area contributed by atoms with Crippen molar-refractivity contribution in [2.75, 3.05) is 18.6 Å². The molecule has 9 nitrogen and oxygen atoms in total. The number of nitrogens with zero attached hydrogens (tertiary/aromatic N) is 2. The van der Waals surface area contributed by atoms with Crippen LogP contribution in [-0.2, 0) is 30.3 Å². The normalized spacial score (nSPS) is 18.7. The van der Waals surface area contributed by atoms with Crippen molar-refractivity contribution >= 4 is 45.2 Å². The Morgan fingerprint density at radius 1 is 1.38 bits per heavy atom. The second-order valence-corrected chi connectivity index (χ2v) is 7.05. The van der Waals surface area contributed by atoms with Gasteiger partial charge in [-0.25, -0.2) is 4.79 Å². The van der Waals surface area contributed by atoms with Gasteiger partial charge in [-0.3, -0.25) is 24.6 Å². The van der Waals surface area contributed by atoms with Crippen LogP contribution in [0.1, 0.15) is 25.3 Å². The minimum absolute atomic E-state index is 0.0254. The average Bonchev–Trinajstić information content (AvgIpc) is 2.60. The smallest absolute Gasteiger partial charge is 0.397 e. The summed E-state index contributed by atoms with van der Waals surface area (Å²) in [7, 11) is 1.19. The predicted octanol–water partition coefficient (Wildman–Crippen LogP) is 2.09. The van der Waals surface area contributed by atoms with Crippen molar-refractivity contribution in [1.82, 2.24) is 0 Å². The minimum atomic E-state index is -1.34. The highest BCUT2D eigenvalue weighted by Crippen LogP contribution is 2.47. The second kappa shape index (κ2) is 7.81. The van der Waals surface area contributed by atoms with Gasteiger partial charge < -0.3 is 9.47 Å². The molecular formula is C16H17BrN2O7. The molecule has 0 spiro atoms. The van der Waals surface area contributed by atoms with Crippen molar-refractivity contribution in [3.8, 4) is 0 Å². The van der Waals surface area contributed by atoms with Gasteiger partial charge in [-0.05, 0) is 25.3 Å². The minimum Gasteiger partial charge on any atom is -0.469 e. The highest BCUT2D eigenvalue weighted by atomic mass is 79.9. The zero-order valence-electron chi connectivity index (χ0n) is 14.2. The summed E-state index contributed by atoms with van der Waals surface area (Å²) >= 11 is 3.35. The maximum absolute atomic E-state index is 12.8. The number of benzene rings is 1. The van der Waals surface area contributed by atoms with Crippen molar-refractivity contribution < 1.29 is 28.8 Å². The van der Waals surface area contributed by atoms with E-state index in [4.69, 9.17) is 4.74 Å². The number of rotatable bonds is 4. The molecule has 140 valence electrons. The number of halogens is 1. The summed E-state index contributed by atoms with van der Waals surface area (Å²) in [6, 6.07) is 4.38. The first-order chi connectivity index (χ1) is 12.2. The van der Waals surface area contributed by atoms with E-state index in [0.717, 1.165) is 4.90 Å². The summed E-state index contributed by atoms with van der Waals surface area (Å²) in [5, 5.41) is 11.5. The van der Waals surface area contributed by atoms with Gasteiger partial charge in [0.15, 0.2) is 0 Å². The zero-order chi connectivity index (χ0) is 19.5. The highest BCUT2D eigenvalue weighted by Gasteiger charge is 2.49. The number of hydrogen-bond acceptors (Lipinski definition) is 7. The van der Waals surface area contributed by atoms with Gasteiger partial charge in [0.2, 0.25) is 0 Å². The van der Waals surface area contributed by atoms with Crippen LogP contribution in [0.15, 0.2) is 18.2 Å². The quantitative estimate of drug-likeness (QED) is 0.180. The van der Waals surface area contributed by atoms with E-state index >= 15 is 0 Å². The van der Waals surface area contributed by atoms with Crippen LogP contribution in [0.2, 0.25) is 0 Å². The van der Waals surface area contributed by atoms with E-state index in [1.165, 1.54) is 26.2 Å². The molecule has 0 bridgehead atoms. The van der Waals surface area contributed by atoms with Crippen LogP contribution in [0.5, 0.6) is 0 Å². The SMILES string of the molecule is CCOC(=O)C(=O)N1c2c(cccc2[N+](=O)[O-])CCC1(Br)CC(=O)OC. The molecule has 0 saturated carbocycles. The monoisotopic (exact) mass is 428 g/mol. The van der Waals surface area contributed by atoms with Gasteiger partial charge in [-0.15, -0.1) is 0 Å². The van der Waals surface area contributed by atoms with Crippen LogP contribution in [0.25, 0.3) is 0 Å². The number of ether oxygens (including phenoxy) is 2. The molecule has 10 heteroatoms. The van der Waals surface area contributed by atoms with Gasteiger partial charge in [0.25, 0.3) is 5.69 Å². The van der Waals surface area contributed by atoms with Gasteiger partial charge in [0.1, 0.15) is 10.1 Å². The summed E-state index contributed by atoms with van der Waals surface area (Å²) in [5.74, 6) is -2.89. The van der Waals surface area contributed by atoms with Crippen molar-refractivity contribution in [2.24, 2.45) is 0 Å². The van der Waals surface area contributed by atoms with Crippen molar-refractivity contribution in [3.05, 3.63) is 33.9 Å². The Morgan fingerprint density at radius 3 is 2.65 bits per heavy atom. The molecule has 0 N–H and O–H groups in total. The topological polar surface area (TPSA) is 116 Å². The van der Waals surface area contributed by atoms with E-state index < -0.39 is 27.2 Å². The van der Waals surface area contributed by atoms with Crippen LogP contribution in [-0.4, -0.2) is 40.9 Å². The first kappa shape index (κ1) is 19.8. The first-order valence-corrected chi connectivity index (χ1v) is 8.57. The van der Waals surface area contributed by atoms with E-state index in [1.807, 2.05) is 0 Å². The number of alkyl halides is 1. The molecule has 0 radical (unpaired) electrons. The fourth-order valence-corrected chi connectivity index (χ4v) is 3.62. The maximum Gasteiger partial charge on any atom is 0.397 e. The van der Waals surface area contributed by atoms with E-state index in [1.54, 1.807) is 6.07 Å². The van der Waals surface area contributed by atoms with Gasteiger partial charge in [-0.1, -0.05) is 28.1 Å². The number of methoxy groups -OCH3 is 1. The summed E-state index contributed by atoms with van der Waals surface area (Å²) in [5.41, 5.74) is 0.160. The first-order valence-electron chi connectivity index (χ1n) is 7.78. The molecule has 0 saturated heterocycles. The third-order valence-electron chi connectivity index (χ3n) is 3.99. The van der Waals surface area contributed by atoms with Crippen molar-refractivity contribution in [3.63, 3.8) is 0 Å². The molecule has 0 fully saturated rings. The van der Waals surface area contributed by atoms with Gasteiger partial charge in [-0.2, -0.15) is 0 Å². The lowest BCUT2D eigenvalue weighted by Gasteiger charge is -2.42. The molecule has 2 rings (SSSR count). The standard InChI is InChI=1S/C16H17BrN2O7/c1-3-26-15(22)14(21)18-13-10(5-4-6-11(13)19(23)24)7-8-16(18,17)9-12(20)25-2/h4-6H,3,7-9H2,1-2H3. The number of fused-ring (bicyclic) bond motifs is 1. The Morgan fingerprint density at radius 2 is 2.08 bits per heavy atom. The lowest BCUT2D eigenvalue weighted by atomic mass is 9.92. The average molecular weight is 429 g/mol. The summed E-state index contributed by atoms with van der Waals surface area (Å²) in [4.78, 5) is 48.4. The number of amides is 1. The zero-order valence-corrected chi connectivity index (χ0v) is 15.8. The lowest BCUT2D eigenvalue weighted by Crippen LogP contribution is -2.54. The number of aryl methyl sites for hydroxylation is 1. The van der Waals surface area contributed by atoms with Crippen LogP contribution >= 0.6 is 15.9 Å². The van der Waals surface area contributed by atoms with Crippen LogP contribution in [0, 0.1) is 10.1 Å². The number of nitro groups is 1. The molecule has 1 aliphatic rings. The van der Waals surface area contributed by atoms with E-state index in [9.17, 15) is 24.5 Å². The number of esters is 2. The van der Waals surface area contributed by atoms with Gasteiger partial charge in [0, 0.05) is 6.07 Å². The Balaban J connectivity index is 2.64. The molecule has 1 atom stereocenters. The number of hydrogen-bond donors (Lipinski definition) is 0. The number of carbonyl (C=O) groups excluding carboxylic acids is 3. The Bertz CT molecular complexity index is 767. The molecule has 1 heterocycles. The fourth-order valence-electron chi connectivity index (χ4n) is 2.85. The number of para-hydroxylation sites is 1. The number of carbonyl (C=O) groups is 3. The van der Waals surface area contributed by atoms with Crippen LogP contribution < -0.4 is 4.90 Å². The van der Waals surface area contributed by atoms with Crippen LogP contribution in [0.3, 0.4) is 0 Å². The molecule has 1 aromatic rings. The predicted molar refractivity (Wildman–Crippen MR) is 93.8 cm³/mol. The molecule has 1 aliphatic heterocycles. The van der Waals surface area contributed by atoms with Crippen molar-refractivity contribution in [1.29, 1.82) is 0 Å². The van der Waals surface area contributed by atoms with Crippen molar-refractivity contribution in [2.45, 2.75) is 30.6 Å². The third-order valence-corrected chi connectivity index (χ3v) is 5.02. The largest absolute Gasteiger partial charge is 0.469 e.